The van der Waals surface area contributed by atoms with Gasteiger partial charge in [0.15, 0.2) is 0 Å². The molecule has 0 unspecified atom stereocenters. The van der Waals surface area contributed by atoms with E-state index in [1.54, 1.807) is 0 Å². The SMILES string of the molecule is c1ccc(-c2ccc(Nc3cc4c(cc3-c3ccccc3)c3ccccc3n4-c3ccc(-c4ccccc4)cc3)cc2)cc1. The molecule has 0 fully saturated rings. The van der Waals surface area contributed by atoms with Crippen LogP contribution in [0.15, 0.2) is 176 Å². The third-order valence-corrected chi connectivity index (χ3v) is 8.40. The quantitative estimate of drug-likeness (QED) is 0.213. The van der Waals surface area contributed by atoms with Gasteiger partial charge in [-0.1, -0.05) is 133 Å². The van der Waals surface area contributed by atoms with E-state index in [9.17, 15) is 0 Å². The number of hydrogen-bond acceptors (Lipinski definition) is 1. The first-order chi connectivity index (χ1) is 21.8. The molecule has 1 heterocycles. The Kier molecular flexibility index (Phi) is 6.51. The van der Waals surface area contributed by atoms with Crippen LogP contribution in [0.2, 0.25) is 0 Å². The third kappa shape index (κ3) is 4.73. The van der Waals surface area contributed by atoms with Crippen molar-refractivity contribution in [2.75, 3.05) is 5.32 Å². The van der Waals surface area contributed by atoms with Crippen molar-refractivity contribution < 1.29 is 0 Å². The van der Waals surface area contributed by atoms with Gasteiger partial charge >= 0.3 is 0 Å². The molecule has 0 saturated carbocycles. The van der Waals surface area contributed by atoms with E-state index in [2.05, 4.69) is 186 Å². The van der Waals surface area contributed by atoms with Crippen molar-refractivity contribution in [3.63, 3.8) is 0 Å². The second kappa shape index (κ2) is 11.1. The van der Waals surface area contributed by atoms with Crippen LogP contribution in [0.3, 0.4) is 0 Å². The van der Waals surface area contributed by atoms with Crippen LogP contribution in [0.1, 0.15) is 0 Å². The van der Waals surface area contributed by atoms with Crippen LogP contribution < -0.4 is 5.32 Å². The number of fused-ring (bicyclic) bond motifs is 3. The van der Waals surface area contributed by atoms with E-state index in [1.807, 2.05) is 0 Å². The summed E-state index contributed by atoms with van der Waals surface area (Å²) in [6.07, 6.45) is 0. The van der Waals surface area contributed by atoms with Crippen LogP contribution in [0.4, 0.5) is 11.4 Å². The predicted octanol–water partition coefficient (Wildman–Crippen LogP) is 11.5. The lowest BCUT2D eigenvalue weighted by atomic mass is 10.00. The molecule has 0 aliphatic rings. The Bertz CT molecular complexity index is 2200. The first kappa shape index (κ1) is 25.8. The maximum atomic E-state index is 3.78. The molecule has 0 radical (unpaired) electrons. The largest absolute Gasteiger partial charge is 0.355 e. The van der Waals surface area contributed by atoms with Gasteiger partial charge in [-0.25, -0.2) is 0 Å². The number of benzene rings is 7. The van der Waals surface area contributed by atoms with Crippen LogP contribution in [-0.4, -0.2) is 4.57 Å². The molecule has 8 rings (SSSR count). The topological polar surface area (TPSA) is 17.0 Å². The summed E-state index contributed by atoms with van der Waals surface area (Å²) in [6, 6.07) is 62.7. The number of nitrogens with zero attached hydrogens (tertiary/aromatic N) is 1. The van der Waals surface area contributed by atoms with Crippen LogP contribution >= 0.6 is 0 Å². The molecule has 44 heavy (non-hydrogen) atoms. The Morgan fingerprint density at radius 3 is 1.48 bits per heavy atom. The van der Waals surface area contributed by atoms with Gasteiger partial charge in [-0.2, -0.15) is 0 Å². The van der Waals surface area contributed by atoms with E-state index in [-0.39, 0.29) is 0 Å². The Labute approximate surface area is 257 Å². The van der Waals surface area contributed by atoms with Crippen molar-refractivity contribution in [2.24, 2.45) is 0 Å². The molecule has 2 heteroatoms. The summed E-state index contributed by atoms with van der Waals surface area (Å²) >= 11 is 0. The minimum absolute atomic E-state index is 1.05. The van der Waals surface area contributed by atoms with Gasteiger partial charge in [-0.3, -0.25) is 0 Å². The van der Waals surface area contributed by atoms with Crippen LogP contribution in [0.25, 0.3) is 60.9 Å². The highest BCUT2D eigenvalue weighted by atomic mass is 15.0. The zero-order chi connectivity index (χ0) is 29.3. The van der Waals surface area contributed by atoms with Crippen LogP contribution in [0, 0.1) is 0 Å². The predicted molar refractivity (Wildman–Crippen MR) is 187 cm³/mol. The molecule has 1 aromatic heterocycles. The van der Waals surface area contributed by atoms with E-state index < -0.39 is 0 Å². The van der Waals surface area contributed by atoms with Gasteiger partial charge < -0.3 is 9.88 Å². The van der Waals surface area contributed by atoms with Gasteiger partial charge in [0.2, 0.25) is 0 Å². The summed E-state index contributed by atoms with van der Waals surface area (Å²) in [6.45, 7) is 0. The Morgan fingerprint density at radius 1 is 0.364 bits per heavy atom. The highest BCUT2D eigenvalue weighted by Crippen LogP contribution is 2.40. The molecular weight excluding hydrogens is 532 g/mol. The smallest absolute Gasteiger partial charge is 0.0562 e. The fourth-order valence-electron chi connectivity index (χ4n) is 6.22. The number of hydrogen-bond donors (Lipinski definition) is 1. The fourth-order valence-corrected chi connectivity index (χ4v) is 6.22. The normalized spacial score (nSPS) is 11.2. The molecule has 0 amide bonds. The van der Waals surface area contributed by atoms with E-state index in [0.717, 1.165) is 17.1 Å². The van der Waals surface area contributed by atoms with E-state index >= 15 is 0 Å². The maximum absolute atomic E-state index is 3.78. The first-order valence-corrected chi connectivity index (χ1v) is 15.0. The molecule has 0 aliphatic carbocycles. The molecule has 0 atom stereocenters. The fraction of sp³-hybridized carbons (Fsp3) is 0. The third-order valence-electron chi connectivity index (χ3n) is 8.40. The maximum Gasteiger partial charge on any atom is 0.0562 e. The van der Waals surface area contributed by atoms with Crippen molar-refractivity contribution in [1.29, 1.82) is 0 Å². The molecule has 208 valence electrons. The number of rotatable bonds is 6. The van der Waals surface area contributed by atoms with E-state index in [0.29, 0.717) is 0 Å². The van der Waals surface area contributed by atoms with Crippen molar-refractivity contribution >= 4 is 33.2 Å². The Hall–Kier alpha value is -5.86. The minimum atomic E-state index is 1.05. The average molecular weight is 563 g/mol. The van der Waals surface area contributed by atoms with Crippen LogP contribution in [0.5, 0.6) is 0 Å². The second-order valence-electron chi connectivity index (χ2n) is 11.1. The zero-order valence-corrected chi connectivity index (χ0v) is 24.2. The highest BCUT2D eigenvalue weighted by molar-refractivity contribution is 6.12. The number of nitrogens with one attached hydrogen (secondary N) is 1. The molecule has 7 aromatic carbocycles. The van der Waals surface area contributed by atoms with Gasteiger partial charge in [0, 0.05) is 33.4 Å². The summed E-state index contributed by atoms with van der Waals surface area (Å²) in [5.74, 6) is 0. The number of para-hydroxylation sites is 1. The minimum Gasteiger partial charge on any atom is -0.355 e. The lowest BCUT2D eigenvalue weighted by Gasteiger charge is -2.15. The van der Waals surface area contributed by atoms with Gasteiger partial charge in [0.05, 0.1) is 11.0 Å². The molecule has 2 nitrogen and oxygen atoms in total. The summed E-state index contributed by atoms with van der Waals surface area (Å²) in [5, 5.41) is 6.26. The summed E-state index contributed by atoms with van der Waals surface area (Å²) in [5.41, 5.74) is 12.8. The van der Waals surface area contributed by atoms with Crippen molar-refractivity contribution in [2.45, 2.75) is 0 Å². The van der Waals surface area contributed by atoms with Gasteiger partial charge in [0.25, 0.3) is 0 Å². The van der Waals surface area contributed by atoms with Crippen molar-refractivity contribution in [3.8, 4) is 39.1 Å². The molecular formula is C42H30N2. The monoisotopic (exact) mass is 562 g/mol. The number of anilines is 2. The molecule has 0 spiro atoms. The van der Waals surface area contributed by atoms with Crippen LogP contribution in [-0.2, 0) is 0 Å². The second-order valence-corrected chi connectivity index (χ2v) is 11.1. The first-order valence-electron chi connectivity index (χ1n) is 15.0. The lowest BCUT2D eigenvalue weighted by molar-refractivity contribution is 1.18. The molecule has 8 aromatic rings. The molecule has 0 saturated heterocycles. The van der Waals surface area contributed by atoms with Gasteiger partial charge in [-0.05, 0) is 70.3 Å². The van der Waals surface area contributed by atoms with E-state index in [4.69, 9.17) is 0 Å². The van der Waals surface area contributed by atoms with Crippen molar-refractivity contribution in [1.82, 2.24) is 4.57 Å². The van der Waals surface area contributed by atoms with E-state index in [1.165, 1.54) is 55.2 Å². The summed E-state index contributed by atoms with van der Waals surface area (Å²) < 4.78 is 2.39. The van der Waals surface area contributed by atoms with Crippen molar-refractivity contribution in [3.05, 3.63) is 176 Å². The highest BCUT2D eigenvalue weighted by Gasteiger charge is 2.17. The zero-order valence-electron chi connectivity index (χ0n) is 24.2. The molecule has 0 bridgehead atoms. The average Bonchev–Trinajstić information content (AvgIpc) is 3.42. The summed E-state index contributed by atoms with van der Waals surface area (Å²) in [4.78, 5) is 0. The number of aromatic nitrogens is 1. The Morgan fingerprint density at radius 2 is 0.864 bits per heavy atom. The Balaban J connectivity index is 1.28. The summed E-state index contributed by atoms with van der Waals surface area (Å²) in [7, 11) is 0. The molecule has 0 aliphatic heterocycles. The standard InChI is InChI=1S/C42H30N2/c1-4-12-30(13-5-1)32-20-24-35(25-21-32)43-40-29-42-39(28-38(40)34-16-8-3-9-17-34)37-18-10-11-19-41(37)44(42)36-26-22-33(23-27-36)31-14-6-2-7-15-31/h1-29,43H. The lowest BCUT2D eigenvalue weighted by Crippen LogP contribution is -1.97. The molecule has 1 N–H and O–H groups in total. The van der Waals surface area contributed by atoms with Gasteiger partial charge in [0.1, 0.15) is 0 Å². The van der Waals surface area contributed by atoms with Gasteiger partial charge in [-0.15, -0.1) is 0 Å².